The lowest BCUT2D eigenvalue weighted by Gasteiger charge is -2.11. The lowest BCUT2D eigenvalue weighted by Crippen LogP contribution is -2.01. The minimum atomic E-state index is -0.910. The third-order valence-corrected chi connectivity index (χ3v) is 3.16. The number of halogens is 1. The van der Waals surface area contributed by atoms with Crippen LogP contribution in [0.1, 0.15) is 21.5 Å². The van der Waals surface area contributed by atoms with Crippen molar-refractivity contribution in [3.05, 3.63) is 58.1 Å². The Hall–Kier alpha value is -2.00. The summed E-state index contributed by atoms with van der Waals surface area (Å²) in [5.41, 5.74) is 3.88. The van der Waals surface area contributed by atoms with E-state index in [1.54, 1.807) is 19.1 Å². The van der Waals surface area contributed by atoms with Crippen LogP contribution in [0, 0.1) is 13.8 Å². The number of benzene rings is 2. The fraction of sp³-hybridized carbons (Fsp3) is 0.133. The molecule has 2 aromatic carbocycles. The van der Waals surface area contributed by atoms with Gasteiger partial charge in [0, 0.05) is 16.4 Å². The summed E-state index contributed by atoms with van der Waals surface area (Å²) in [4.78, 5) is 10.9. The van der Waals surface area contributed by atoms with Gasteiger partial charge < -0.3 is 10.4 Å². The van der Waals surface area contributed by atoms with Gasteiger partial charge in [0.2, 0.25) is 0 Å². The van der Waals surface area contributed by atoms with E-state index in [1.165, 1.54) is 0 Å². The number of hydrogen-bond donors (Lipinski definition) is 2. The Balaban J connectivity index is 2.29. The first kappa shape index (κ1) is 13.4. The SMILES string of the molecule is Cc1cc(Cl)ccc1Nc1ccc(C(=O)O)c(C)c1. The predicted molar refractivity (Wildman–Crippen MR) is 77.6 cm³/mol. The topological polar surface area (TPSA) is 49.3 Å². The van der Waals surface area contributed by atoms with Crippen LogP contribution >= 0.6 is 11.6 Å². The van der Waals surface area contributed by atoms with E-state index < -0.39 is 5.97 Å². The Morgan fingerprint density at radius 3 is 2.42 bits per heavy atom. The standard InChI is InChI=1S/C15H14ClNO2/c1-9-8-12(4-5-13(9)15(18)19)17-14-6-3-11(16)7-10(14)2/h3-8,17H,1-2H3,(H,18,19). The maximum Gasteiger partial charge on any atom is 0.335 e. The monoisotopic (exact) mass is 275 g/mol. The number of carboxylic acids is 1. The molecule has 0 saturated carbocycles. The summed E-state index contributed by atoms with van der Waals surface area (Å²) in [6.07, 6.45) is 0. The summed E-state index contributed by atoms with van der Waals surface area (Å²) >= 11 is 5.91. The second-order valence-corrected chi connectivity index (χ2v) is 4.86. The third kappa shape index (κ3) is 3.06. The van der Waals surface area contributed by atoms with Gasteiger partial charge in [-0.05, 0) is 61.4 Å². The van der Waals surface area contributed by atoms with Crippen LogP contribution < -0.4 is 5.32 Å². The first-order valence-corrected chi connectivity index (χ1v) is 6.22. The number of anilines is 2. The number of carboxylic acid groups (broad SMARTS) is 1. The third-order valence-electron chi connectivity index (χ3n) is 2.92. The van der Waals surface area contributed by atoms with E-state index in [0.29, 0.717) is 10.6 Å². The van der Waals surface area contributed by atoms with Crippen molar-refractivity contribution in [3.8, 4) is 0 Å². The zero-order valence-corrected chi connectivity index (χ0v) is 11.5. The number of carbonyl (C=O) groups is 1. The minimum absolute atomic E-state index is 0.318. The molecule has 0 aromatic heterocycles. The molecular weight excluding hydrogens is 262 g/mol. The fourth-order valence-corrected chi connectivity index (χ4v) is 2.13. The molecule has 0 saturated heterocycles. The van der Waals surface area contributed by atoms with Crippen molar-refractivity contribution < 1.29 is 9.90 Å². The maximum atomic E-state index is 10.9. The summed E-state index contributed by atoms with van der Waals surface area (Å²) in [5.74, 6) is -0.910. The van der Waals surface area contributed by atoms with Crippen LogP contribution in [-0.4, -0.2) is 11.1 Å². The van der Waals surface area contributed by atoms with Crippen LogP contribution in [-0.2, 0) is 0 Å². The number of aryl methyl sites for hydroxylation is 2. The highest BCUT2D eigenvalue weighted by atomic mass is 35.5. The van der Waals surface area contributed by atoms with Gasteiger partial charge in [-0.3, -0.25) is 0 Å². The number of aromatic carboxylic acids is 1. The smallest absolute Gasteiger partial charge is 0.335 e. The average molecular weight is 276 g/mol. The van der Waals surface area contributed by atoms with Crippen molar-refractivity contribution in [2.45, 2.75) is 13.8 Å². The molecule has 0 aliphatic heterocycles. The first-order chi connectivity index (χ1) is 8.97. The van der Waals surface area contributed by atoms with E-state index in [2.05, 4.69) is 5.32 Å². The second-order valence-electron chi connectivity index (χ2n) is 4.42. The van der Waals surface area contributed by atoms with Crippen molar-refractivity contribution in [2.24, 2.45) is 0 Å². The Morgan fingerprint density at radius 2 is 1.84 bits per heavy atom. The van der Waals surface area contributed by atoms with Gasteiger partial charge in [-0.15, -0.1) is 0 Å². The summed E-state index contributed by atoms with van der Waals surface area (Å²) in [6.45, 7) is 3.75. The molecule has 98 valence electrons. The Morgan fingerprint density at radius 1 is 1.11 bits per heavy atom. The lowest BCUT2D eigenvalue weighted by molar-refractivity contribution is 0.0696. The lowest BCUT2D eigenvalue weighted by atomic mass is 10.1. The molecular formula is C15H14ClNO2. The van der Waals surface area contributed by atoms with Crippen LogP contribution in [0.3, 0.4) is 0 Å². The highest BCUT2D eigenvalue weighted by molar-refractivity contribution is 6.30. The molecule has 0 aliphatic carbocycles. The molecule has 0 atom stereocenters. The highest BCUT2D eigenvalue weighted by Gasteiger charge is 2.07. The molecule has 19 heavy (non-hydrogen) atoms. The first-order valence-electron chi connectivity index (χ1n) is 5.84. The molecule has 2 aromatic rings. The molecule has 0 radical (unpaired) electrons. The van der Waals surface area contributed by atoms with Crippen LogP contribution in [0.5, 0.6) is 0 Å². The summed E-state index contributed by atoms with van der Waals surface area (Å²) in [6, 6.07) is 10.8. The maximum absolute atomic E-state index is 10.9. The van der Waals surface area contributed by atoms with E-state index >= 15 is 0 Å². The van der Waals surface area contributed by atoms with E-state index in [-0.39, 0.29) is 0 Å². The van der Waals surface area contributed by atoms with Gasteiger partial charge in [0.05, 0.1) is 5.56 Å². The van der Waals surface area contributed by atoms with Crippen molar-refractivity contribution >= 4 is 28.9 Å². The van der Waals surface area contributed by atoms with Gasteiger partial charge in [-0.1, -0.05) is 11.6 Å². The summed E-state index contributed by atoms with van der Waals surface area (Å²) in [5, 5.41) is 12.9. The molecule has 2 rings (SSSR count). The molecule has 0 spiro atoms. The van der Waals surface area contributed by atoms with E-state index in [4.69, 9.17) is 16.7 Å². The van der Waals surface area contributed by atoms with E-state index in [0.717, 1.165) is 22.5 Å². The molecule has 0 unspecified atom stereocenters. The van der Waals surface area contributed by atoms with E-state index in [1.807, 2.05) is 31.2 Å². The van der Waals surface area contributed by atoms with Crippen LogP contribution in [0.15, 0.2) is 36.4 Å². The van der Waals surface area contributed by atoms with Gasteiger partial charge in [0.15, 0.2) is 0 Å². The van der Waals surface area contributed by atoms with Crippen molar-refractivity contribution in [2.75, 3.05) is 5.32 Å². The average Bonchev–Trinajstić information content (AvgIpc) is 2.32. The summed E-state index contributed by atoms with van der Waals surface area (Å²) in [7, 11) is 0. The molecule has 0 heterocycles. The number of nitrogens with one attached hydrogen (secondary N) is 1. The van der Waals surface area contributed by atoms with Crippen molar-refractivity contribution in [3.63, 3.8) is 0 Å². The molecule has 0 fully saturated rings. The quantitative estimate of drug-likeness (QED) is 0.873. The zero-order chi connectivity index (χ0) is 14.0. The highest BCUT2D eigenvalue weighted by Crippen LogP contribution is 2.24. The fourth-order valence-electron chi connectivity index (χ4n) is 1.90. The molecule has 0 amide bonds. The summed E-state index contributed by atoms with van der Waals surface area (Å²) < 4.78 is 0. The van der Waals surface area contributed by atoms with Gasteiger partial charge in [-0.2, -0.15) is 0 Å². The van der Waals surface area contributed by atoms with Crippen molar-refractivity contribution in [1.82, 2.24) is 0 Å². The Labute approximate surface area is 116 Å². The van der Waals surface area contributed by atoms with Gasteiger partial charge in [0.1, 0.15) is 0 Å². The normalized spacial score (nSPS) is 10.3. The second kappa shape index (κ2) is 5.33. The molecule has 0 bridgehead atoms. The Kier molecular flexibility index (Phi) is 3.76. The number of hydrogen-bond acceptors (Lipinski definition) is 2. The van der Waals surface area contributed by atoms with Crippen LogP contribution in [0.25, 0.3) is 0 Å². The van der Waals surface area contributed by atoms with Gasteiger partial charge in [0.25, 0.3) is 0 Å². The molecule has 0 aliphatic rings. The minimum Gasteiger partial charge on any atom is -0.478 e. The Bertz CT molecular complexity index is 638. The van der Waals surface area contributed by atoms with Crippen molar-refractivity contribution in [1.29, 1.82) is 0 Å². The van der Waals surface area contributed by atoms with Crippen LogP contribution in [0.2, 0.25) is 5.02 Å². The molecule has 3 nitrogen and oxygen atoms in total. The number of rotatable bonds is 3. The molecule has 4 heteroatoms. The van der Waals surface area contributed by atoms with Gasteiger partial charge >= 0.3 is 5.97 Å². The van der Waals surface area contributed by atoms with Gasteiger partial charge in [-0.25, -0.2) is 4.79 Å². The van der Waals surface area contributed by atoms with Crippen LogP contribution in [0.4, 0.5) is 11.4 Å². The molecule has 2 N–H and O–H groups in total. The zero-order valence-electron chi connectivity index (χ0n) is 10.7. The predicted octanol–water partition coefficient (Wildman–Crippen LogP) is 4.40. The largest absolute Gasteiger partial charge is 0.478 e. The van der Waals surface area contributed by atoms with E-state index in [9.17, 15) is 4.79 Å².